The van der Waals surface area contributed by atoms with Crippen LogP contribution in [0.3, 0.4) is 0 Å². The van der Waals surface area contributed by atoms with E-state index in [0.29, 0.717) is 11.4 Å². The summed E-state index contributed by atoms with van der Waals surface area (Å²) in [6.07, 6.45) is 4.45. The zero-order chi connectivity index (χ0) is 23.4. The minimum Gasteiger partial charge on any atom is -0.481 e. The number of nitrogens with one attached hydrogen (secondary N) is 4. The molecule has 1 aromatic heterocycles. The molecule has 1 heterocycles. The molecule has 0 spiro atoms. The van der Waals surface area contributed by atoms with Gasteiger partial charge in [-0.05, 0) is 18.4 Å². The standard InChI is InChI=1S/C17H26N6O7S/c1-31-3-2-11(23-15(27)10(18)4-9-6-19-8-21-9)16(28)20-7-13(24)22-12(17(29)30)5-14(25)26/h6,8,10-12H,2-5,7,18H2,1H3,(H,19,21)(H,20,28)(H,22,24)(H,23,27)(H,25,26)(H,29,30). The summed E-state index contributed by atoms with van der Waals surface area (Å²) in [7, 11) is 0. The number of H-pyrrole nitrogens is 1. The third-order valence-corrected chi connectivity index (χ3v) is 4.65. The molecule has 0 aliphatic heterocycles. The van der Waals surface area contributed by atoms with E-state index in [2.05, 4.69) is 20.6 Å². The Hall–Kier alpha value is -3.13. The summed E-state index contributed by atoms with van der Waals surface area (Å²) in [6, 6.07) is -3.52. The number of hydrogen-bond acceptors (Lipinski definition) is 8. The van der Waals surface area contributed by atoms with Gasteiger partial charge in [0, 0.05) is 18.3 Å². The van der Waals surface area contributed by atoms with Gasteiger partial charge in [0.1, 0.15) is 12.1 Å². The maximum absolute atomic E-state index is 12.4. The maximum Gasteiger partial charge on any atom is 0.326 e. The molecule has 31 heavy (non-hydrogen) atoms. The van der Waals surface area contributed by atoms with Crippen LogP contribution in [0.5, 0.6) is 0 Å². The second kappa shape index (κ2) is 13.2. The number of carboxylic acids is 2. The largest absolute Gasteiger partial charge is 0.481 e. The van der Waals surface area contributed by atoms with E-state index < -0.39 is 60.8 Å². The normalized spacial score (nSPS) is 13.5. The fourth-order valence-corrected chi connectivity index (χ4v) is 2.89. The summed E-state index contributed by atoms with van der Waals surface area (Å²) in [4.78, 5) is 65.0. The Morgan fingerprint density at radius 3 is 2.42 bits per heavy atom. The third kappa shape index (κ3) is 9.95. The van der Waals surface area contributed by atoms with Gasteiger partial charge in [-0.3, -0.25) is 19.2 Å². The molecule has 0 fully saturated rings. The van der Waals surface area contributed by atoms with E-state index in [4.69, 9.17) is 15.9 Å². The summed E-state index contributed by atoms with van der Waals surface area (Å²) in [5, 5.41) is 24.5. The van der Waals surface area contributed by atoms with Crippen molar-refractivity contribution in [2.24, 2.45) is 5.73 Å². The second-order valence-electron chi connectivity index (χ2n) is 6.50. The first-order valence-electron chi connectivity index (χ1n) is 9.17. The molecule has 13 nitrogen and oxygen atoms in total. The van der Waals surface area contributed by atoms with E-state index in [1.807, 2.05) is 11.6 Å². The van der Waals surface area contributed by atoms with Crippen molar-refractivity contribution in [2.45, 2.75) is 37.4 Å². The van der Waals surface area contributed by atoms with Crippen molar-refractivity contribution < 1.29 is 34.2 Å². The van der Waals surface area contributed by atoms with Gasteiger partial charge in [0.25, 0.3) is 0 Å². The predicted octanol–water partition coefficient (Wildman–Crippen LogP) is -2.32. The molecule has 3 amide bonds. The van der Waals surface area contributed by atoms with Crippen molar-refractivity contribution in [3.63, 3.8) is 0 Å². The zero-order valence-corrected chi connectivity index (χ0v) is 17.6. The van der Waals surface area contributed by atoms with Crippen LogP contribution in [0.2, 0.25) is 0 Å². The van der Waals surface area contributed by atoms with Crippen molar-refractivity contribution in [3.05, 3.63) is 18.2 Å². The fraction of sp³-hybridized carbons (Fsp3) is 0.529. The Balaban J connectivity index is 2.62. The molecule has 3 unspecified atom stereocenters. The number of carbonyl (C=O) groups excluding carboxylic acids is 3. The van der Waals surface area contributed by atoms with Crippen LogP contribution in [-0.4, -0.2) is 86.5 Å². The van der Waals surface area contributed by atoms with Crippen LogP contribution in [0.25, 0.3) is 0 Å². The van der Waals surface area contributed by atoms with Crippen molar-refractivity contribution in [3.8, 4) is 0 Å². The van der Waals surface area contributed by atoms with Crippen molar-refractivity contribution in [1.29, 1.82) is 0 Å². The molecule has 3 atom stereocenters. The van der Waals surface area contributed by atoms with Crippen LogP contribution in [0.4, 0.5) is 0 Å². The number of aromatic nitrogens is 2. The molecule has 1 aromatic rings. The molecule has 8 N–H and O–H groups in total. The van der Waals surface area contributed by atoms with Gasteiger partial charge in [0.05, 0.1) is 25.3 Å². The Bertz CT molecular complexity index is 773. The van der Waals surface area contributed by atoms with E-state index in [0.717, 1.165) is 0 Å². The van der Waals surface area contributed by atoms with Gasteiger partial charge < -0.3 is 36.9 Å². The molecule has 0 saturated carbocycles. The molecule has 14 heteroatoms. The van der Waals surface area contributed by atoms with E-state index in [9.17, 15) is 24.0 Å². The number of aliphatic carboxylic acids is 2. The number of nitrogens with two attached hydrogens (primary N) is 1. The molecule has 172 valence electrons. The molecule has 0 aromatic carbocycles. The van der Waals surface area contributed by atoms with E-state index >= 15 is 0 Å². The highest BCUT2D eigenvalue weighted by molar-refractivity contribution is 7.98. The number of thioether (sulfide) groups is 1. The quantitative estimate of drug-likeness (QED) is 0.158. The van der Waals surface area contributed by atoms with Crippen LogP contribution in [0.1, 0.15) is 18.5 Å². The lowest BCUT2D eigenvalue weighted by Crippen LogP contribution is -2.54. The highest BCUT2D eigenvalue weighted by Gasteiger charge is 2.26. The highest BCUT2D eigenvalue weighted by atomic mass is 32.2. The van der Waals surface area contributed by atoms with Crippen molar-refractivity contribution in [1.82, 2.24) is 25.9 Å². The number of amides is 3. The van der Waals surface area contributed by atoms with Gasteiger partial charge in [-0.2, -0.15) is 11.8 Å². The first-order chi connectivity index (χ1) is 14.6. The van der Waals surface area contributed by atoms with Crippen LogP contribution in [0, 0.1) is 0 Å². The molecule has 0 aliphatic rings. The van der Waals surface area contributed by atoms with Gasteiger partial charge in [-0.1, -0.05) is 0 Å². The molecule has 0 saturated heterocycles. The fourth-order valence-electron chi connectivity index (χ4n) is 2.42. The third-order valence-electron chi connectivity index (χ3n) is 4.01. The van der Waals surface area contributed by atoms with Crippen molar-refractivity contribution in [2.75, 3.05) is 18.6 Å². The Morgan fingerprint density at radius 2 is 1.87 bits per heavy atom. The summed E-state index contributed by atoms with van der Waals surface area (Å²) in [5.41, 5.74) is 6.52. The smallest absolute Gasteiger partial charge is 0.326 e. The first-order valence-corrected chi connectivity index (χ1v) is 10.6. The average molecular weight is 458 g/mol. The van der Waals surface area contributed by atoms with Gasteiger partial charge in [-0.15, -0.1) is 0 Å². The summed E-state index contributed by atoms with van der Waals surface area (Å²) < 4.78 is 0. The molecular weight excluding hydrogens is 432 g/mol. The molecular formula is C17H26N6O7S. The number of rotatable bonds is 14. The lowest BCUT2D eigenvalue weighted by molar-refractivity contribution is -0.147. The van der Waals surface area contributed by atoms with Gasteiger partial charge >= 0.3 is 11.9 Å². The summed E-state index contributed by atoms with van der Waals surface area (Å²) in [5.74, 6) is -4.47. The number of aromatic amines is 1. The first kappa shape index (κ1) is 25.9. The van der Waals surface area contributed by atoms with Crippen LogP contribution < -0.4 is 21.7 Å². The second-order valence-corrected chi connectivity index (χ2v) is 7.49. The SMILES string of the molecule is CSCCC(NC(=O)C(N)Cc1cnc[nH]1)C(=O)NCC(=O)NC(CC(=O)O)C(=O)O. The number of carboxylic acid groups (broad SMARTS) is 2. The summed E-state index contributed by atoms with van der Waals surface area (Å²) in [6.45, 7) is -0.589. The number of imidazole rings is 1. The number of carbonyl (C=O) groups is 5. The highest BCUT2D eigenvalue weighted by Crippen LogP contribution is 2.03. The monoisotopic (exact) mass is 458 g/mol. The van der Waals surface area contributed by atoms with Crippen LogP contribution in [-0.2, 0) is 30.4 Å². The van der Waals surface area contributed by atoms with Crippen LogP contribution >= 0.6 is 11.8 Å². The Labute approximate surface area is 181 Å². The molecule has 0 bridgehead atoms. The molecule has 0 aliphatic carbocycles. The van der Waals surface area contributed by atoms with Gasteiger partial charge in [0.15, 0.2) is 0 Å². The Kier molecular flexibility index (Phi) is 11.1. The van der Waals surface area contributed by atoms with E-state index in [1.54, 1.807) is 0 Å². The Morgan fingerprint density at radius 1 is 1.16 bits per heavy atom. The zero-order valence-electron chi connectivity index (χ0n) is 16.8. The molecule has 1 rings (SSSR count). The number of hydrogen-bond donors (Lipinski definition) is 7. The van der Waals surface area contributed by atoms with E-state index in [1.165, 1.54) is 24.3 Å². The topological polar surface area (TPSA) is 217 Å². The number of nitrogens with zero attached hydrogens (tertiary/aromatic N) is 1. The van der Waals surface area contributed by atoms with Gasteiger partial charge in [0.2, 0.25) is 17.7 Å². The van der Waals surface area contributed by atoms with Crippen LogP contribution in [0.15, 0.2) is 12.5 Å². The van der Waals surface area contributed by atoms with Crippen molar-refractivity contribution >= 4 is 41.4 Å². The lowest BCUT2D eigenvalue weighted by atomic mass is 10.1. The summed E-state index contributed by atoms with van der Waals surface area (Å²) >= 11 is 1.45. The molecule has 0 radical (unpaired) electrons. The maximum atomic E-state index is 12.4. The minimum atomic E-state index is -1.63. The van der Waals surface area contributed by atoms with Gasteiger partial charge in [-0.25, -0.2) is 9.78 Å². The minimum absolute atomic E-state index is 0.186. The van der Waals surface area contributed by atoms with E-state index in [-0.39, 0.29) is 12.8 Å². The predicted molar refractivity (Wildman–Crippen MR) is 110 cm³/mol. The lowest BCUT2D eigenvalue weighted by Gasteiger charge is -2.20. The average Bonchev–Trinajstić information content (AvgIpc) is 3.21.